The van der Waals surface area contributed by atoms with E-state index in [0.29, 0.717) is 51.3 Å². The number of nitrogens with one attached hydrogen (secondary N) is 2. The molecule has 50 heavy (non-hydrogen) atoms. The van der Waals surface area contributed by atoms with Crippen LogP contribution in [0.1, 0.15) is 54.6 Å². The van der Waals surface area contributed by atoms with Crippen LogP contribution in [-0.2, 0) is 16.6 Å². The standard InChI is InChI=1S/C34H41ClF2N8O5/c1-34(2,3)50-33(49)39-17-19-13-20(14-19)31(47)44-9-11-45(12-10-44)32(48)22-8-7-21(15-24(22)35)40-30(46)29-38-18-26(43(29)6)23-16-25(36)28(42(4)5)41-27(23)37/h7-8,15-16,18-20H,9-14,17H2,1-6H3,(H,39,49)(H,40,46). The number of nitrogens with zero attached hydrogens (tertiary/aromatic N) is 6. The number of piperazine rings is 1. The van der Waals surface area contributed by atoms with Crippen LogP contribution in [0, 0.1) is 23.6 Å². The molecule has 0 radical (unpaired) electrons. The Kier molecular flexibility index (Phi) is 10.6. The molecule has 0 spiro atoms. The van der Waals surface area contributed by atoms with E-state index in [0.717, 1.165) is 6.07 Å². The van der Waals surface area contributed by atoms with Crippen molar-refractivity contribution in [3.63, 3.8) is 0 Å². The van der Waals surface area contributed by atoms with E-state index in [2.05, 4.69) is 20.6 Å². The minimum Gasteiger partial charge on any atom is -0.444 e. The molecule has 1 saturated heterocycles. The van der Waals surface area contributed by atoms with Gasteiger partial charge in [-0.3, -0.25) is 14.4 Å². The van der Waals surface area contributed by atoms with Gasteiger partial charge in [0.1, 0.15) is 5.60 Å². The molecule has 13 nitrogen and oxygen atoms in total. The Labute approximate surface area is 293 Å². The minimum absolute atomic E-state index is 0.0553. The molecular weight excluding hydrogens is 674 g/mol. The average molecular weight is 715 g/mol. The van der Waals surface area contributed by atoms with E-state index in [1.807, 2.05) is 0 Å². The summed E-state index contributed by atoms with van der Waals surface area (Å²) in [6.45, 7) is 7.33. The lowest BCUT2D eigenvalue weighted by atomic mass is 9.74. The number of ether oxygens (including phenoxy) is 1. The summed E-state index contributed by atoms with van der Waals surface area (Å²) in [6.07, 6.45) is 2.16. The van der Waals surface area contributed by atoms with E-state index in [4.69, 9.17) is 16.3 Å². The molecule has 1 saturated carbocycles. The molecule has 2 fully saturated rings. The van der Waals surface area contributed by atoms with Gasteiger partial charge in [0, 0.05) is 65.5 Å². The second-order valence-corrected chi connectivity index (χ2v) is 14.1. The van der Waals surface area contributed by atoms with Gasteiger partial charge in [0.2, 0.25) is 11.9 Å². The molecule has 1 aliphatic carbocycles. The predicted octanol–water partition coefficient (Wildman–Crippen LogP) is 4.57. The summed E-state index contributed by atoms with van der Waals surface area (Å²) in [7, 11) is 4.58. The molecule has 2 N–H and O–H groups in total. The monoisotopic (exact) mass is 714 g/mol. The van der Waals surface area contributed by atoms with Crippen LogP contribution in [-0.4, -0.2) is 101 Å². The third-order valence-corrected chi connectivity index (χ3v) is 8.97. The molecule has 5 rings (SSSR count). The molecule has 2 aromatic heterocycles. The van der Waals surface area contributed by atoms with Crippen LogP contribution in [0.5, 0.6) is 0 Å². The third kappa shape index (κ3) is 8.15. The van der Waals surface area contributed by atoms with E-state index in [1.165, 1.54) is 40.9 Å². The highest BCUT2D eigenvalue weighted by molar-refractivity contribution is 6.34. The highest BCUT2D eigenvalue weighted by atomic mass is 35.5. The van der Waals surface area contributed by atoms with Crippen LogP contribution in [0.2, 0.25) is 5.02 Å². The van der Waals surface area contributed by atoms with E-state index >= 15 is 0 Å². The van der Waals surface area contributed by atoms with Gasteiger partial charge in [-0.2, -0.15) is 9.37 Å². The molecule has 0 unspecified atom stereocenters. The van der Waals surface area contributed by atoms with Crippen molar-refractivity contribution >= 4 is 46.9 Å². The number of anilines is 2. The van der Waals surface area contributed by atoms with Crippen LogP contribution in [0.15, 0.2) is 30.5 Å². The number of rotatable bonds is 8. The molecule has 1 aromatic carbocycles. The van der Waals surface area contributed by atoms with Gasteiger partial charge in [0.05, 0.1) is 28.0 Å². The lowest BCUT2D eigenvalue weighted by molar-refractivity contribution is -0.141. The summed E-state index contributed by atoms with van der Waals surface area (Å²) in [5.41, 5.74) is -0.0345. The summed E-state index contributed by atoms with van der Waals surface area (Å²) in [5, 5.41) is 5.56. The maximum Gasteiger partial charge on any atom is 0.407 e. The second kappa shape index (κ2) is 14.6. The van der Waals surface area contributed by atoms with Crippen molar-refractivity contribution in [3.8, 4) is 11.3 Å². The van der Waals surface area contributed by atoms with Gasteiger partial charge < -0.3 is 34.6 Å². The summed E-state index contributed by atoms with van der Waals surface area (Å²) >= 11 is 6.49. The van der Waals surface area contributed by atoms with Crippen molar-refractivity contribution in [2.75, 3.05) is 57.0 Å². The number of carbonyl (C=O) groups excluding carboxylic acids is 4. The van der Waals surface area contributed by atoms with Crippen molar-refractivity contribution in [1.82, 2.24) is 29.7 Å². The van der Waals surface area contributed by atoms with Crippen LogP contribution in [0.4, 0.5) is 25.1 Å². The first-order valence-electron chi connectivity index (χ1n) is 16.2. The molecule has 3 aromatic rings. The lowest BCUT2D eigenvalue weighted by Crippen LogP contribution is -2.53. The van der Waals surface area contributed by atoms with Crippen molar-refractivity contribution in [1.29, 1.82) is 0 Å². The molecule has 1 aliphatic heterocycles. The second-order valence-electron chi connectivity index (χ2n) is 13.7. The first-order chi connectivity index (χ1) is 23.5. The number of imidazole rings is 1. The third-order valence-electron chi connectivity index (χ3n) is 8.66. The number of halogens is 3. The van der Waals surface area contributed by atoms with Gasteiger partial charge in [-0.05, 0) is 63.8 Å². The smallest absolute Gasteiger partial charge is 0.407 e. The maximum atomic E-state index is 14.8. The zero-order valence-electron chi connectivity index (χ0n) is 28.8. The number of hydrogen-bond donors (Lipinski definition) is 2. The highest BCUT2D eigenvalue weighted by Gasteiger charge is 2.38. The molecular formula is C34H41ClF2N8O5. The molecule has 268 valence electrons. The topological polar surface area (TPSA) is 142 Å². The molecule has 4 amide bonds. The molecule has 3 heterocycles. The normalized spacial score (nSPS) is 17.5. The van der Waals surface area contributed by atoms with Crippen LogP contribution >= 0.6 is 11.6 Å². The Bertz CT molecular complexity index is 1800. The Morgan fingerprint density at radius 3 is 2.32 bits per heavy atom. The van der Waals surface area contributed by atoms with Gasteiger partial charge in [-0.1, -0.05) is 11.6 Å². The number of hydrogen-bond acceptors (Lipinski definition) is 8. The molecule has 0 bridgehead atoms. The summed E-state index contributed by atoms with van der Waals surface area (Å²) in [5.74, 6) is -2.64. The number of amides is 4. The Morgan fingerprint density at radius 2 is 1.70 bits per heavy atom. The van der Waals surface area contributed by atoms with Crippen molar-refractivity contribution in [3.05, 3.63) is 58.6 Å². The molecule has 0 atom stereocenters. The lowest BCUT2D eigenvalue weighted by Gasteiger charge is -2.41. The minimum atomic E-state index is -0.914. The molecule has 2 aliphatic rings. The van der Waals surface area contributed by atoms with Gasteiger partial charge in [0.25, 0.3) is 11.8 Å². The average Bonchev–Trinajstić information content (AvgIpc) is 3.40. The van der Waals surface area contributed by atoms with E-state index in [-0.39, 0.29) is 57.1 Å². The van der Waals surface area contributed by atoms with Crippen LogP contribution in [0.25, 0.3) is 11.3 Å². The van der Waals surface area contributed by atoms with Gasteiger partial charge in [0.15, 0.2) is 17.5 Å². The Balaban J connectivity index is 1.12. The Hall–Kier alpha value is -4.79. The number of aromatic nitrogens is 3. The van der Waals surface area contributed by atoms with Crippen LogP contribution in [0.3, 0.4) is 0 Å². The zero-order valence-corrected chi connectivity index (χ0v) is 29.6. The van der Waals surface area contributed by atoms with Crippen molar-refractivity contribution in [2.24, 2.45) is 18.9 Å². The first kappa shape index (κ1) is 36.5. The fraction of sp³-hybridized carbons (Fsp3) is 0.471. The maximum absolute atomic E-state index is 14.8. The van der Waals surface area contributed by atoms with Crippen molar-refractivity contribution < 1.29 is 32.7 Å². The van der Waals surface area contributed by atoms with Gasteiger partial charge >= 0.3 is 6.09 Å². The van der Waals surface area contributed by atoms with E-state index in [1.54, 1.807) is 44.7 Å². The summed E-state index contributed by atoms with van der Waals surface area (Å²) in [6, 6.07) is 5.49. The van der Waals surface area contributed by atoms with E-state index in [9.17, 15) is 28.0 Å². The van der Waals surface area contributed by atoms with Crippen molar-refractivity contribution in [2.45, 2.75) is 39.2 Å². The summed E-state index contributed by atoms with van der Waals surface area (Å²) < 4.78 is 35.9. The van der Waals surface area contributed by atoms with Crippen LogP contribution < -0.4 is 15.5 Å². The van der Waals surface area contributed by atoms with E-state index < -0.39 is 29.4 Å². The number of carbonyl (C=O) groups is 4. The highest BCUT2D eigenvalue weighted by Crippen LogP contribution is 2.35. The van der Waals surface area contributed by atoms with Gasteiger partial charge in [-0.15, -0.1) is 0 Å². The largest absolute Gasteiger partial charge is 0.444 e. The van der Waals surface area contributed by atoms with Gasteiger partial charge in [-0.25, -0.2) is 14.2 Å². The Morgan fingerprint density at radius 1 is 1.04 bits per heavy atom. The zero-order chi connectivity index (χ0) is 36.5. The quantitative estimate of drug-likeness (QED) is 0.324. The number of pyridine rings is 1. The SMILES string of the molecule is CN(C)c1nc(F)c(-c2cnc(C(=O)Nc3ccc(C(=O)N4CCN(C(=O)C5CC(CNC(=O)OC(C)(C)C)C5)CC4)c(Cl)c3)n2C)cc1F. The number of alkyl carbamates (subject to hydrolysis) is 1. The fourth-order valence-corrected chi connectivity index (χ4v) is 6.24. The predicted molar refractivity (Wildman–Crippen MR) is 183 cm³/mol. The number of benzene rings is 1. The summed E-state index contributed by atoms with van der Waals surface area (Å²) in [4.78, 5) is 63.9. The first-order valence-corrected chi connectivity index (χ1v) is 16.6. The fourth-order valence-electron chi connectivity index (χ4n) is 5.98. The molecule has 16 heteroatoms.